The predicted molar refractivity (Wildman–Crippen MR) is 122 cm³/mol. The molecule has 1 N–H and O–H groups in total. The summed E-state index contributed by atoms with van der Waals surface area (Å²) in [5, 5.41) is 4.62. The van der Waals surface area contributed by atoms with E-state index < -0.39 is 0 Å². The summed E-state index contributed by atoms with van der Waals surface area (Å²) in [5.74, 6) is 1.78. The summed E-state index contributed by atoms with van der Waals surface area (Å²) in [6.07, 6.45) is 3.65. The van der Waals surface area contributed by atoms with E-state index in [4.69, 9.17) is 0 Å². The summed E-state index contributed by atoms with van der Waals surface area (Å²) in [6.45, 7) is 7.11. The number of aryl methyl sites for hydroxylation is 2. The standard InChI is InChI=1S/C20H28N4S.HI/c1-15-16(2)25-19(23-15)14-22-20(21-3)24-11-9-18(10-12-24)13-17-7-5-4-6-8-17;/h4-8,18H,9-14H2,1-3H3,(H,21,22);1H. The van der Waals surface area contributed by atoms with Gasteiger partial charge in [-0.2, -0.15) is 0 Å². The van der Waals surface area contributed by atoms with Crippen LogP contribution >= 0.6 is 35.3 Å². The Labute approximate surface area is 178 Å². The van der Waals surface area contributed by atoms with Crippen molar-refractivity contribution in [2.24, 2.45) is 10.9 Å². The number of hydrogen-bond acceptors (Lipinski definition) is 3. The maximum absolute atomic E-state index is 4.60. The van der Waals surface area contributed by atoms with Crippen LogP contribution < -0.4 is 5.32 Å². The zero-order valence-corrected chi connectivity index (χ0v) is 19.0. The Hall–Kier alpha value is -1.15. The first-order valence-corrected chi connectivity index (χ1v) is 9.89. The van der Waals surface area contributed by atoms with Crippen LogP contribution in [0.25, 0.3) is 0 Å². The van der Waals surface area contributed by atoms with Crippen molar-refractivity contribution in [1.29, 1.82) is 0 Å². The van der Waals surface area contributed by atoms with Crippen molar-refractivity contribution in [1.82, 2.24) is 15.2 Å². The molecule has 0 amide bonds. The molecule has 0 atom stereocenters. The summed E-state index contributed by atoms with van der Waals surface area (Å²) >= 11 is 1.77. The molecule has 1 saturated heterocycles. The molecule has 0 unspecified atom stereocenters. The van der Waals surface area contributed by atoms with Crippen molar-refractivity contribution < 1.29 is 0 Å². The molecule has 0 aliphatic carbocycles. The molecule has 6 heteroatoms. The number of piperidine rings is 1. The Morgan fingerprint density at radius 1 is 1.23 bits per heavy atom. The topological polar surface area (TPSA) is 40.5 Å². The van der Waals surface area contributed by atoms with E-state index >= 15 is 0 Å². The predicted octanol–water partition coefficient (Wildman–Crippen LogP) is 4.41. The smallest absolute Gasteiger partial charge is 0.193 e. The zero-order valence-electron chi connectivity index (χ0n) is 15.9. The molecule has 0 spiro atoms. The van der Waals surface area contributed by atoms with Gasteiger partial charge in [-0.1, -0.05) is 30.3 Å². The average Bonchev–Trinajstić information content (AvgIpc) is 2.95. The number of thiazole rings is 1. The number of likely N-dealkylation sites (tertiary alicyclic amines) is 1. The molecule has 1 aromatic carbocycles. The Balaban J connectivity index is 0.00000243. The number of guanidine groups is 1. The third kappa shape index (κ3) is 5.67. The minimum atomic E-state index is 0. The first-order valence-electron chi connectivity index (χ1n) is 9.08. The second-order valence-electron chi connectivity index (χ2n) is 6.77. The van der Waals surface area contributed by atoms with Crippen LogP contribution in [-0.4, -0.2) is 36.0 Å². The van der Waals surface area contributed by atoms with E-state index in [2.05, 4.69) is 64.4 Å². The molecule has 0 radical (unpaired) electrons. The van der Waals surface area contributed by atoms with Crippen molar-refractivity contribution in [2.75, 3.05) is 20.1 Å². The van der Waals surface area contributed by atoms with Gasteiger partial charge in [0.05, 0.1) is 12.2 Å². The lowest BCUT2D eigenvalue weighted by Gasteiger charge is -2.34. The van der Waals surface area contributed by atoms with Crippen LogP contribution in [0.3, 0.4) is 0 Å². The number of aromatic nitrogens is 1. The van der Waals surface area contributed by atoms with E-state index in [0.29, 0.717) is 0 Å². The molecule has 4 nitrogen and oxygen atoms in total. The molecule has 0 saturated carbocycles. The van der Waals surface area contributed by atoms with E-state index in [-0.39, 0.29) is 24.0 Å². The number of rotatable bonds is 4. The Kier molecular flexibility index (Phi) is 8.34. The van der Waals surface area contributed by atoms with E-state index in [9.17, 15) is 0 Å². The third-order valence-electron chi connectivity index (χ3n) is 4.96. The minimum absolute atomic E-state index is 0. The molecule has 0 bridgehead atoms. The van der Waals surface area contributed by atoms with Crippen LogP contribution in [0.5, 0.6) is 0 Å². The number of halogens is 1. The minimum Gasteiger partial charge on any atom is -0.350 e. The van der Waals surface area contributed by atoms with Crippen LogP contribution in [0.1, 0.15) is 34.0 Å². The monoisotopic (exact) mass is 484 g/mol. The summed E-state index contributed by atoms with van der Waals surface area (Å²) in [7, 11) is 1.87. The molecule has 2 aromatic rings. The van der Waals surface area contributed by atoms with Crippen molar-refractivity contribution in [3.05, 3.63) is 51.5 Å². The Morgan fingerprint density at radius 2 is 1.92 bits per heavy atom. The van der Waals surface area contributed by atoms with Gasteiger partial charge in [0.15, 0.2) is 5.96 Å². The Bertz CT molecular complexity index is 686. The van der Waals surface area contributed by atoms with Crippen molar-refractivity contribution in [3.63, 3.8) is 0 Å². The van der Waals surface area contributed by atoms with E-state index in [1.807, 2.05) is 7.05 Å². The van der Waals surface area contributed by atoms with Gasteiger partial charge in [-0.3, -0.25) is 4.99 Å². The number of nitrogens with zero attached hydrogens (tertiary/aromatic N) is 3. The SMILES string of the molecule is CN=C(NCc1nc(C)c(C)s1)N1CCC(Cc2ccccc2)CC1.I. The quantitative estimate of drug-likeness (QED) is 0.397. The van der Waals surface area contributed by atoms with E-state index in [0.717, 1.165) is 42.2 Å². The van der Waals surface area contributed by atoms with Gasteiger partial charge >= 0.3 is 0 Å². The molecular weight excluding hydrogens is 455 g/mol. The highest BCUT2D eigenvalue weighted by Crippen LogP contribution is 2.22. The van der Waals surface area contributed by atoms with Gasteiger partial charge in [0.25, 0.3) is 0 Å². The second-order valence-corrected chi connectivity index (χ2v) is 8.06. The lowest BCUT2D eigenvalue weighted by atomic mass is 9.90. The van der Waals surface area contributed by atoms with Crippen LogP contribution in [0.2, 0.25) is 0 Å². The Morgan fingerprint density at radius 3 is 2.50 bits per heavy atom. The van der Waals surface area contributed by atoms with Crippen molar-refractivity contribution >= 4 is 41.3 Å². The zero-order chi connectivity index (χ0) is 17.6. The highest BCUT2D eigenvalue weighted by atomic mass is 127. The molecule has 1 fully saturated rings. The molecule has 1 aliphatic rings. The van der Waals surface area contributed by atoms with Crippen molar-refractivity contribution in [3.8, 4) is 0 Å². The molecule has 2 heterocycles. The van der Waals surface area contributed by atoms with Gasteiger partial charge in [-0.05, 0) is 44.6 Å². The third-order valence-corrected chi connectivity index (χ3v) is 6.04. The number of benzene rings is 1. The van der Waals surface area contributed by atoms with Crippen LogP contribution in [0, 0.1) is 19.8 Å². The van der Waals surface area contributed by atoms with Crippen molar-refractivity contribution in [2.45, 2.75) is 39.7 Å². The highest BCUT2D eigenvalue weighted by molar-refractivity contribution is 14.0. The fraction of sp³-hybridized carbons (Fsp3) is 0.500. The lowest BCUT2D eigenvalue weighted by molar-refractivity contribution is 0.259. The fourth-order valence-corrected chi connectivity index (χ4v) is 4.27. The van der Waals surface area contributed by atoms with Crippen LogP contribution in [-0.2, 0) is 13.0 Å². The highest BCUT2D eigenvalue weighted by Gasteiger charge is 2.21. The maximum Gasteiger partial charge on any atom is 0.193 e. The van der Waals surface area contributed by atoms with Gasteiger partial charge in [0, 0.05) is 25.0 Å². The molecule has 3 rings (SSSR count). The molecular formula is C20H29IN4S. The lowest BCUT2D eigenvalue weighted by Crippen LogP contribution is -2.45. The summed E-state index contributed by atoms with van der Waals surface area (Å²) in [5.41, 5.74) is 2.59. The van der Waals surface area contributed by atoms with Gasteiger partial charge in [0.1, 0.15) is 5.01 Å². The van der Waals surface area contributed by atoms with Crippen LogP contribution in [0.15, 0.2) is 35.3 Å². The van der Waals surface area contributed by atoms with Gasteiger partial charge < -0.3 is 10.2 Å². The van der Waals surface area contributed by atoms with Gasteiger partial charge in [-0.15, -0.1) is 35.3 Å². The molecule has 1 aromatic heterocycles. The second kappa shape index (κ2) is 10.3. The largest absolute Gasteiger partial charge is 0.350 e. The maximum atomic E-state index is 4.60. The van der Waals surface area contributed by atoms with E-state index in [1.54, 1.807) is 11.3 Å². The summed E-state index contributed by atoms with van der Waals surface area (Å²) in [6, 6.07) is 10.8. The van der Waals surface area contributed by atoms with E-state index in [1.165, 1.54) is 29.7 Å². The fourth-order valence-electron chi connectivity index (χ4n) is 3.40. The number of nitrogens with one attached hydrogen (secondary N) is 1. The summed E-state index contributed by atoms with van der Waals surface area (Å²) < 4.78 is 0. The molecule has 142 valence electrons. The van der Waals surface area contributed by atoms with Gasteiger partial charge in [-0.25, -0.2) is 4.98 Å². The molecule has 26 heavy (non-hydrogen) atoms. The van der Waals surface area contributed by atoms with Gasteiger partial charge in [0.2, 0.25) is 0 Å². The number of hydrogen-bond donors (Lipinski definition) is 1. The molecule has 1 aliphatic heterocycles. The first kappa shape index (κ1) is 21.2. The average molecular weight is 484 g/mol. The van der Waals surface area contributed by atoms with Crippen LogP contribution in [0.4, 0.5) is 0 Å². The first-order chi connectivity index (χ1) is 12.2. The number of aliphatic imine (C=N–C) groups is 1. The normalized spacial score (nSPS) is 15.7. The summed E-state index contributed by atoms with van der Waals surface area (Å²) in [4.78, 5) is 12.8.